The van der Waals surface area contributed by atoms with Crippen molar-refractivity contribution in [3.8, 4) is 11.5 Å². The largest absolute Gasteiger partial charge is 0.458 e. The van der Waals surface area contributed by atoms with Crippen LogP contribution in [0, 0.1) is 0 Å². The summed E-state index contributed by atoms with van der Waals surface area (Å²) in [5, 5.41) is 2.89. The van der Waals surface area contributed by atoms with Crippen molar-refractivity contribution in [1.82, 2.24) is 5.32 Å². The number of esters is 3. The molecule has 1 saturated carbocycles. The van der Waals surface area contributed by atoms with Gasteiger partial charge in [0, 0.05) is 44.7 Å². The normalized spacial score (nSPS) is 28.5. The molecular formula is C20H21NO9. The third-order valence-corrected chi connectivity index (χ3v) is 5.35. The second-order valence-electron chi connectivity index (χ2n) is 7.43. The lowest BCUT2D eigenvalue weighted by Crippen LogP contribution is -2.61. The van der Waals surface area contributed by atoms with Gasteiger partial charge in [0.1, 0.15) is 6.10 Å². The van der Waals surface area contributed by atoms with E-state index in [0.717, 1.165) is 0 Å². The van der Waals surface area contributed by atoms with Gasteiger partial charge in [0.05, 0.1) is 0 Å². The highest BCUT2D eigenvalue weighted by atomic mass is 16.7. The molecule has 0 radical (unpaired) electrons. The Morgan fingerprint density at radius 1 is 0.933 bits per heavy atom. The molecule has 30 heavy (non-hydrogen) atoms. The number of rotatable bonds is 3. The fraction of sp³-hybridized carbons (Fsp3) is 0.500. The fourth-order valence-corrected chi connectivity index (χ4v) is 4.39. The highest BCUT2D eigenvalue weighted by Crippen LogP contribution is 2.46. The Hall–Kier alpha value is -3.30. The Bertz CT molecular complexity index is 927. The van der Waals surface area contributed by atoms with E-state index in [1.54, 1.807) is 12.1 Å². The molecule has 1 aromatic carbocycles. The number of benzene rings is 1. The molecule has 0 aromatic heterocycles. The van der Waals surface area contributed by atoms with Gasteiger partial charge in [-0.3, -0.25) is 19.2 Å². The lowest BCUT2D eigenvalue weighted by atomic mass is 9.71. The highest BCUT2D eigenvalue weighted by molar-refractivity contribution is 5.98. The van der Waals surface area contributed by atoms with Gasteiger partial charge in [-0.15, -0.1) is 0 Å². The van der Waals surface area contributed by atoms with E-state index in [-0.39, 0.29) is 19.1 Å². The van der Waals surface area contributed by atoms with E-state index in [4.69, 9.17) is 23.7 Å². The Balaban J connectivity index is 1.81. The summed E-state index contributed by atoms with van der Waals surface area (Å²) in [6, 6.07) is 2.74. The van der Waals surface area contributed by atoms with Crippen LogP contribution in [0.25, 0.3) is 0 Å². The lowest BCUT2D eigenvalue weighted by molar-refractivity contribution is -0.194. The number of amides is 1. The highest BCUT2D eigenvalue weighted by Gasteiger charge is 2.54. The van der Waals surface area contributed by atoms with Crippen molar-refractivity contribution in [2.24, 2.45) is 0 Å². The smallest absolute Gasteiger partial charge is 0.303 e. The average Bonchev–Trinajstić information content (AvgIpc) is 3.09. The molecule has 2 aliphatic heterocycles. The van der Waals surface area contributed by atoms with E-state index < -0.39 is 48.2 Å². The molecule has 1 amide bonds. The van der Waals surface area contributed by atoms with Crippen LogP contribution >= 0.6 is 0 Å². The molecule has 1 aliphatic carbocycles. The summed E-state index contributed by atoms with van der Waals surface area (Å²) < 4.78 is 27.2. The zero-order valence-corrected chi connectivity index (χ0v) is 16.6. The number of fused-ring (bicyclic) bond motifs is 4. The second kappa shape index (κ2) is 7.51. The molecule has 1 N–H and O–H groups in total. The Labute approximate surface area is 171 Å². The minimum absolute atomic E-state index is 0.0336. The standard InChI is InChI=1S/C20H21NO9/c1-8(22)28-16-6-13-17(19(30-10(3)24)18(16)29-9(2)23)11-4-14-15(27-7-26-14)5-12(11)20(25)21-13/h4-5,13,16-19H,6-7H2,1-3H3,(H,21,25)/t13-,16-,17?,18-,19-/m0/s1. The first-order valence-corrected chi connectivity index (χ1v) is 9.50. The van der Waals surface area contributed by atoms with Crippen molar-refractivity contribution in [3.05, 3.63) is 23.3 Å². The van der Waals surface area contributed by atoms with Crippen molar-refractivity contribution >= 4 is 23.8 Å². The van der Waals surface area contributed by atoms with Gasteiger partial charge in [0.2, 0.25) is 6.79 Å². The maximum atomic E-state index is 12.7. The van der Waals surface area contributed by atoms with Gasteiger partial charge >= 0.3 is 17.9 Å². The number of carbonyl (C=O) groups excluding carboxylic acids is 4. The van der Waals surface area contributed by atoms with Crippen molar-refractivity contribution in [2.45, 2.75) is 57.5 Å². The maximum Gasteiger partial charge on any atom is 0.303 e. The Kier molecular flexibility index (Phi) is 5.00. The van der Waals surface area contributed by atoms with Gasteiger partial charge < -0.3 is 29.0 Å². The average molecular weight is 419 g/mol. The number of ether oxygens (including phenoxy) is 5. The van der Waals surface area contributed by atoms with Gasteiger partial charge in [-0.25, -0.2) is 0 Å². The van der Waals surface area contributed by atoms with Gasteiger partial charge in [0.15, 0.2) is 23.7 Å². The van der Waals surface area contributed by atoms with Crippen molar-refractivity contribution in [3.63, 3.8) is 0 Å². The molecule has 1 fully saturated rings. The zero-order valence-electron chi connectivity index (χ0n) is 16.6. The topological polar surface area (TPSA) is 126 Å². The van der Waals surface area contributed by atoms with Crippen LogP contribution in [0.4, 0.5) is 0 Å². The lowest BCUT2D eigenvalue weighted by Gasteiger charge is -2.47. The van der Waals surface area contributed by atoms with Crippen LogP contribution in [0.2, 0.25) is 0 Å². The molecule has 10 heteroatoms. The monoisotopic (exact) mass is 419 g/mol. The summed E-state index contributed by atoms with van der Waals surface area (Å²) >= 11 is 0. The predicted molar refractivity (Wildman–Crippen MR) is 97.8 cm³/mol. The fourth-order valence-electron chi connectivity index (χ4n) is 4.39. The summed E-state index contributed by atoms with van der Waals surface area (Å²) in [5.74, 6) is -1.77. The summed E-state index contributed by atoms with van der Waals surface area (Å²) in [4.78, 5) is 48.1. The van der Waals surface area contributed by atoms with Crippen molar-refractivity contribution in [1.29, 1.82) is 0 Å². The predicted octanol–water partition coefficient (Wildman–Crippen LogP) is 0.810. The van der Waals surface area contributed by atoms with E-state index in [1.165, 1.54) is 20.8 Å². The number of hydrogen-bond donors (Lipinski definition) is 1. The number of carbonyl (C=O) groups is 4. The molecule has 0 saturated heterocycles. The first kappa shape index (κ1) is 20.0. The Morgan fingerprint density at radius 2 is 1.53 bits per heavy atom. The van der Waals surface area contributed by atoms with Crippen LogP contribution in [0.15, 0.2) is 12.1 Å². The van der Waals surface area contributed by atoms with E-state index in [2.05, 4.69) is 5.32 Å². The molecule has 160 valence electrons. The van der Waals surface area contributed by atoms with E-state index in [0.29, 0.717) is 22.6 Å². The molecule has 2 heterocycles. The molecule has 0 spiro atoms. The zero-order chi connectivity index (χ0) is 21.6. The second-order valence-corrected chi connectivity index (χ2v) is 7.43. The molecule has 4 rings (SSSR count). The van der Waals surface area contributed by atoms with Crippen molar-refractivity contribution < 1.29 is 42.9 Å². The molecule has 1 unspecified atom stereocenters. The molecule has 5 atom stereocenters. The Morgan fingerprint density at radius 3 is 2.17 bits per heavy atom. The van der Waals surface area contributed by atoms with Crippen LogP contribution in [0.1, 0.15) is 49.0 Å². The SMILES string of the molecule is CC(=O)O[C@H]1[C@@H](OC(C)=O)C[C@@H]2NC(=O)c3cc4c(cc3C2[C@@H]1OC(C)=O)OCO4. The van der Waals surface area contributed by atoms with Gasteiger partial charge in [-0.2, -0.15) is 0 Å². The summed E-state index contributed by atoms with van der Waals surface area (Å²) in [6.45, 7) is 3.71. The van der Waals surface area contributed by atoms with Crippen molar-refractivity contribution in [2.75, 3.05) is 6.79 Å². The van der Waals surface area contributed by atoms with E-state index in [1.807, 2.05) is 0 Å². The first-order valence-electron chi connectivity index (χ1n) is 9.50. The van der Waals surface area contributed by atoms with Gasteiger partial charge in [-0.05, 0) is 17.7 Å². The summed E-state index contributed by atoms with van der Waals surface area (Å²) in [7, 11) is 0. The number of hydrogen-bond acceptors (Lipinski definition) is 9. The van der Waals surface area contributed by atoms with Crippen LogP contribution in [-0.4, -0.2) is 55.0 Å². The van der Waals surface area contributed by atoms with E-state index in [9.17, 15) is 19.2 Å². The van der Waals surface area contributed by atoms with Gasteiger partial charge in [-0.1, -0.05) is 0 Å². The summed E-state index contributed by atoms with van der Waals surface area (Å²) in [5.41, 5.74) is 0.933. The molecular weight excluding hydrogens is 398 g/mol. The first-order chi connectivity index (χ1) is 14.2. The van der Waals surface area contributed by atoms with Crippen LogP contribution < -0.4 is 14.8 Å². The van der Waals surface area contributed by atoms with Gasteiger partial charge in [0.25, 0.3) is 5.91 Å². The summed E-state index contributed by atoms with van der Waals surface area (Å²) in [6.07, 6.45) is -2.74. The number of nitrogens with one attached hydrogen (secondary N) is 1. The quantitative estimate of drug-likeness (QED) is 0.559. The molecule has 3 aliphatic rings. The van der Waals surface area contributed by atoms with E-state index >= 15 is 0 Å². The molecule has 1 aromatic rings. The van der Waals surface area contributed by atoms with Crippen LogP contribution in [0.3, 0.4) is 0 Å². The minimum atomic E-state index is -1.04. The third kappa shape index (κ3) is 3.53. The minimum Gasteiger partial charge on any atom is -0.458 e. The maximum absolute atomic E-state index is 12.7. The van der Waals surface area contributed by atoms with Crippen LogP contribution in [-0.2, 0) is 28.6 Å². The molecule has 0 bridgehead atoms. The van der Waals surface area contributed by atoms with Crippen LogP contribution in [0.5, 0.6) is 11.5 Å². The third-order valence-electron chi connectivity index (χ3n) is 5.35. The molecule has 10 nitrogen and oxygen atoms in total.